The normalized spacial score (nSPS) is 11.6. The van der Waals surface area contributed by atoms with Crippen LogP contribution in [0.25, 0.3) is 10.4 Å². The lowest BCUT2D eigenvalue weighted by Crippen LogP contribution is -2.32. The van der Waals surface area contributed by atoms with Gasteiger partial charge in [0.15, 0.2) is 0 Å². The molecular weight excluding hydrogens is 224 g/mol. The third kappa shape index (κ3) is 3.47. The lowest BCUT2D eigenvalue weighted by atomic mass is 10.2. The number of esters is 1. The second kappa shape index (κ2) is 6.51. The molecule has 0 aliphatic carbocycles. The minimum Gasteiger partial charge on any atom is -0.468 e. The molecule has 1 unspecified atom stereocenters. The Kier molecular flexibility index (Phi) is 4.99. The molecule has 0 aromatic carbocycles. The fourth-order valence-corrected chi connectivity index (χ4v) is 1.38. The van der Waals surface area contributed by atoms with E-state index >= 15 is 0 Å². The van der Waals surface area contributed by atoms with Gasteiger partial charge in [-0.05, 0) is 5.53 Å². The average Bonchev–Trinajstić information content (AvgIpc) is 2.75. The quantitative estimate of drug-likeness (QED) is 0.256. The first-order valence-corrected chi connectivity index (χ1v) is 4.99. The second-order valence-electron chi connectivity index (χ2n) is 3.29. The van der Waals surface area contributed by atoms with E-state index in [-0.39, 0.29) is 6.54 Å². The molecule has 0 spiro atoms. The summed E-state index contributed by atoms with van der Waals surface area (Å²) < 4.78 is 6.43. The van der Waals surface area contributed by atoms with Crippen LogP contribution in [0.2, 0.25) is 0 Å². The van der Waals surface area contributed by atoms with Gasteiger partial charge in [-0.3, -0.25) is 5.32 Å². The number of ether oxygens (including phenoxy) is 1. The maximum absolute atomic E-state index is 11.6. The van der Waals surface area contributed by atoms with Crippen LogP contribution < -0.4 is 5.32 Å². The van der Waals surface area contributed by atoms with Crippen molar-refractivity contribution >= 4 is 5.97 Å². The summed E-state index contributed by atoms with van der Waals surface area (Å²) in [5.74, 6) is -0.408. The summed E-state index contributed by atoms with van der Waals surface area (Å²) in [6.07, 6.45) is 3.18. The second-order valence-corrected chi connectivity index (χ2v) is 3.29. The summed E-state index contributed by atoms with van der Waals surface area (Å²) >= 11 is 0. The Bertz CT molecular complexity index is 423. The molecule has 0 bridgehead atoms. The van der Waals surface area contributed by atoms with Crippen molar-refractivity contribution in [1.29, 1.82) is 0 Å². The van der Waals surface area contributed by atoms with Crippen molar-refractivity contribution in [3.05, 3.63) is 28.7 Å². The van der Waals surface area contributed by atoms with E-state index in [0.29, 0.717) is 12.2 Å². The van der Waals surface area contributed by atoms with Crippen molar-refractivity contribution < 1.29 is 9.53 Å². The molecule has 8 heteroatoms. The highest BCUT2D eigenvalue weighted by molar-refractivity contribution is 5.76. The van der Waals surface area contributed by atoms with E-state index in [9.17, 15) is 4.79 Å². The maximum atomic E-state index is 11.6. The molecule has 0 saturated carbocycles. The van der Waals surface area contributed by atoms with Crippen LogP contribution in [0.4, 0.5) is 0 Å². The maximum Gasteiger partial charge on any atom is 0.329 e. The van der Waals surface area contributed by atoms with E-state index in [1.807, 2.05) is 0 Å². The van der Waals surface area contributed by atoms with Crippen molar-refractivity contribution in [3.63, 3.8) is 0 Å². The standard InChI is InChI=1S/C9H14N6O2/c1-15-6-11-5-7(15)8(9(16)17-2)12-3-4-13-14-10/h5-6,8,12H,3-4H2,1-2H3. The molecule has 0 radical (unpaired) electrons. The van der Waals surface area contributed by atoms with Crippen LogP contribution in [0.15, 0.2) is 17.6 Å². The molecule has 0 aliphatic heterocycles. The van der Waals surface area contributed by atoms with Gasteiger partial charge < -0.3 is 9.30 Å². The SMILES string of the molecule is COC(=O)C(NCCN=[N+]=[N-])c1cncn1C. The lowest BCUT2D eigenvalue weighted by molar-refractivity contribution is -0.143. The number of methoxy groups -OCH3 is 1. The highest BCUT2D eigenvalue weighted by atomic mass is 16.5. The number of hydrogen-bond donors (Lipinski definition) is 1. The number of hydrogen-bond acceptors (Lipinski definition) is 5. The van der Waals surface area contributed by atoms with Crippen LogP contribution in [-0.4, -0.2) is 35.7 Å². The fraction of sp³-hybridized carbons (Fsp3) is 0.556. The van der Waals surface area contributed by atoms with Gasteiger partial charge in [0.25, 0.3) is 0 Å². The number of azide groups is 1. The largest absolute Gasteiger partial charge is 0.468 e. The lowest BCUT2D eigenvalue weighted by Gasteiger charge is -2.16. The zero-order chi connectivity index (χ0) is 12.7. The van der Waals surface area contributed by atoms with Crippen LogP contribution in [0.5, 0.6) is 0 Å². The van der Waals surface area contributed by atoms with E-state index in [4.69, 9.17) is 10.3 Å². The first kappa shape index (κ1) is 13.0. The zero-order valence-corrected chi connectivity index (χ0v) is 9.70. The fourth-order valence-electron chi connectivity index (χ4n) is 1.38. The third-order valence-corrected chi connectivity index (χ3v) is 2.21. The van der Waals surface area contributed by atoms with E-state index in [1.54, 1.807) is 24.1 Å². The molecule has 0 aliphatic rings. The van der Waals surface area contributed by atoms with Gasteiger partial charge >= 0.3 is 5.97 Å². The van der Waals surface area contributed by atoms with Gasteiger partial charge in [-0.15, -0.1) is 0 Å². The van der Waals surface area contributed by atoms with Gasteiger partial charge in [-0.25, -0.2) is 9.78 Å². The molecule has 0 saturated heterocycles. The van der Waals surface area contributed by atoms with Crippen LogP contribution in [0.3, 0.4) is 0 Å². The first-order valence-electron chi connectivity index (χ1n) is 4.99. The Labute approximate surface area is 98.2 Å². The number of imidazole rings is 1. The van der Waals surface area contributed by atoms with Crippen molar-refractivity contribution in [2.45, 2.75) is 6.04 Å². The Morgan fingerprint density at radius 3 is 3.12 bits per heavy atom. The molecule has 1 heterocycles. The topological polar surface area (TPSA) is 105 Å². The summed E-state index contributed by atoms with van der Waals surface area (Å²) in [5.41, 5.74) is 8.83. The van der Waals surface area contributed by atoms with Gasteiger partial charge in [0.2, 0.25) is 0 Å². The minimum absolute atomic E-state index is 0.266. The van der Waals surface area contributed by atoms with Crippen molar-refractivity contribution in [2.24, 2.45) is 12.2 Å². The number of carbonyl (C=O) groups excluding carboxylic acids is 1. The molecule has 0 fully saturated rings. The van der Waals surface area contributed by atoms with Crippen molar-refractivity contribution in [2.75, 3.05) is 20.2 Å². The smallest absolute Gasteiger partial charge is 0.329 e. The highest BCUT2D eigenvalue weighted by Gasteiger charge is 2.23. The van der Waals surface area contributed by atoms with Crippen molar-refractivity contribution in [1.82, 2.24) is 14.9 Å². The summed E-state index contributed by atoms with van der Waals surface area (Å²) in [6, 6.07) is -0.610. The number of aromatic nitrogens is 2. The molecule has 1 N–H and O–H groups in total. The summed E-state index contributed by atoms with van der Waals surface area (Å²) in [4.78, 5) is 18.2. The van der Waals surface area contributed by atoms with Gasteiger partial charge in [0.05, 0.1) is 25.3 Å². The first-order chi connectivity index (χ1) is 8.20. The average molecular weight is 238 g/mol. The summed E-state index contributed by atoms with van der Waals surface area (Å²) in [6.45, 7) is 0.650. The molecule has 8 nitrogen and oxygen atoms in total. The highest BCUT2D eigenvalue weighted by Crippen LogP contribution is 2.12. The molecular formula is C9H14N6O2. The molecule has 0 amide bonds. The number of aryl methyl sites for hydroxylation is 1. The number of nitrogens with zero attached hydrogens (tertiary/aromatic N) is 5. The molecule has 1 aromatic heterocycles. The predicted molar refractivity (Wildman–Crippen MR) is 60.0 cm³/mol. The van der Waals surface area contributed by atoms with E-state index in [2.05, 4.69) is 20.3 Å². The Hall–Kier alpha value is -2.05. The molecule has 1 atom stereocenters. The number of rotatable bonds is 6. The molecule has 1 aromatic rings. The zero-order valence-electron chi connectivity index (χ0n) is 9.70. The molecule has 1 rings (SSSR count). The van der Waals surface area contributed by atoms with E-state index in [1.165, 1.54) is 7.11 Å². The van der Waals surface area contributed by atoms with Gasteiger partial charge in [-0.1, -0.05) is 5.11 Å². The minimum atomic E-state index is -0.610. The predicted octanol–water partition coefficient (Wildman–Crippen LogP) is 0.534. The monoisotopic (exact) mass is 238 g/mol. The number of nitrogens with one attached hydrogen (secondary N) is 1. The number of carbonyl (C=O) groups is 1. The Balaban J connectivity index is 2.71. The van der Waals surface area contributed by atoms with E-state index in [0.717, 1.165) is 0 Å². The van der Waals surface area contributed by atoms with Crippen molar-refractivity contribution in [3.8, 4) is 0 Å². The molecule has 92 valence electrons. The van der Waals surface area contributed by atoms with Gasteiger partial charge in [0.1, 0.15) is 6.04 Å². The van der Waals surface area contributed by atoms with Gasteiger partial charge in [0, 0.05) is 25.0 Å². The summed E-state index contributed by atoms with van der Waals surface area (Å²) in [7, 11) is 3.11. The summed E-state index contributed by atoms with van der Waals surface area (Å²) in [5, 5.41) is 6.32. The Morgan fingerprint density at radius 1 is 1.82 bits per heavy atom. The van der Waals surface area contributed by atoms with Crippen LogP contribution >= 0.6 is 0 Å². The Morgan fingerprint density at radius 2 is 2.59 bits per heavy atom. The molecule has 17 heavy (non-hydrogen) atoms. The van der Waals surface area contributed by atoms with Crippen LogP contribution in [0.1, 0.15) is 11.7 Å². The van der Waals surface area contributed by atoms with E-state index < -0.39 is 12.0 Å². The van der Waals surface area contributed by atoms with Gasteiger partial charge in [-0.2, -0.15) is 0 Å². The van der Waals surface area contributed by atoms with Crippen LogP contribution in [-0.2, 0) is 16.6 Å². The van der Waals surface area contributed by atoms with Crippen LogP contribution in [0, 0.1) is 0 Å². The third-order valence-electron chi connectivity index (χ3n) is 2.21.